The number of piperidine rings is 1. The van der Waals surface area contributed by atoms with E-state index in [-0.39, 0.29) is 5.41 Å². The van der Waals surface area contributed by atoms with Crippen LogP contribution < -0.4 is 5.32 Å². The van der Waals surface area contributed by atoms with Gasteiger partial charge in [0.25, 0.3) is 0 Å². The molecule has 0 aromatic heterocycles. The lowest BCUT2D eigenvalue weighted by Gasteiger charge is -2.53. The number of carbonyl (C=O) groups is 1. The van der Waals surface area contributed by atoms with E-state index < -0.39 is 0 Å². The Labute approximate surface area is 162 Å². The number of fused-ring (bicyclic) bond motifs is 2. The largest absolute Gasteiger partial charge is 0.357 e. The maximum absolute atomic E-state index is 12.2. The van der Waals surface area contributed by atoms with E-state index >= 15 is 0 Å². The number of aldehydes is 1. The molecule has 1 aromatic carbocycles. The number of benzene rings is 1. The van der Waals surface area contributed by atoms with Crippen molar-refractivity contribution in [3.05, 3.63) is 52.7 Å². The molecule has 142 valence electrons. The van der Waals surface area contributed by atoms with Gasteiger partial charge in [0.2, 0.25) is 0 Å². The fraction of sp³-hybridized carbons (Fsp3) is 0.542. The van der Waals surface area contributed by atoms with Crippen molar-refractivity contribution in [2.75, 3.05) is 25.0 Å². The SMILES string of the molecule is CC=C1C[N+]2(CCCCC)CC[C@]34C(=C(C=O)[C@H]1C[C@@H]32)Nc1ccccc14. The minimum absolute atomic E-state index is 0.0365. The number of rotatable bonds is 5. The molecule has 0 amide bonds. The van der Waals surface area contributed by atoms with Crippen LogP contribution in [0.4, 0.5) is 5.69 Å². The molecule has 0 radical (unpaired) electrons. The second-order valence-electron chi connectivity index (χ2n) is 9.04. The van der Waals surface area contributed by atoms with E-state index in [1.54, 1.807) is 0 Å². The summed E-state index contributed by atoms with van der Waals surface area (Å²) in [6, 6.07) is 9.41. The number of allylic oxidation sites excluding steroid dienone is 2. The predicted octanol–water partition coefficient (Wildman–Crippen LogP) is 4.56. The van der Waals surface area contributed by atoms with Gasteiger partial charge >= 0.3 is 0 Å². The van der Waals surface area contributed by atoms with Crippen LogP contribution in [0.2, 0.25) is 0 Å². The van der Waals surface area contributed by atoms with Gasteiger partial charge in [-0.1, -0.05) is 37.6 Å². The molecule has 1 aliphatic carbocycles. The monoisotopic (exact) mass is 363 g/mol. The Morgan fingerprint density at radius 1 is 1.30 bits per heavy atom. The molecule has 1 unspecified atom stereocenters. The maximum atomic E-state index is 12.2. The quantitative estimate of drug-likeness (QED) is 0.360. The Hall–Kier alpha value is -1.87. The Balaban J connectivity index is 1.71. The molecular formula is C24H31N2O+. The van der Waals surface area contributed by atoms with Gasteiger partial charge in [-0.05, 0) is 37.0 Å². The Morgan fingerprint density at radius 2 is 2.15 bits per heavy atom. The van der Waals surface area contributed by atoms with E-state index in [0.717, 1.165) is 24.8 Å². The first-order valence-electron chi connectivity index (χ1n) is 10.8. The van der Waals surface area contributed by atoms with E-state index in [0.29, 0.717) is 12.0 Å². The van der Waals surface area contributed by atoms with E-state index in [2.05, 4.69) is 49.5 Å². The van der Waals surface area contributed by atoms with Crippen molar-refractivity contribution < 1.29 is 9.28 Å². The molecule has 2 bridgehead atoms. The van der Waals surface area contributed by atoms with E-state index in [1.807, 2.05) is 0 Å². The lowest BCUT2D eigenvalue weighted by atomic mass is 9.61. The number of hydrogen-bond acceptors (Lipinski definition) is 2. The number of carbonyl (C=O) groups excluding carboxylic acids is 1. The highest BCUT2D eigenvalue weighted by Crippen LogP contribution is 2.63. The predicted molar refractivity (Wildman–Crippen MR) is 109 cm³/mol. The van der Waals surface area contributed by atoms with Gasteiger partial charge in [-0.3, -0.25) is 4.79 Å². The number of hydrogen-bond donors (Lipinski definition) is 1. The fourth-order valence-corrected chi connectivity index (χ4v) is 6.91. The standard InChI is InChI=1S/C24H30N2O/c1-3-5-8-12-26-13-11-24-20-9-6-7-10-21(20)25-23(24)19(16-27)18(14-22(24)26)17(4-2)15-26/h4,6-7,9-10,16,18,22H,3,5,8,11-15H2,1-2H3/p+1/t18-,22-,24+,26?/m0/s1. The van der Waals surface area contributed by atoms with Crippen molar-refractivity contribution in [1.29, 1.82) is 0 Å². The van der Waals surface area contributed by atoms with Crippen molar-refractivity contribution in [2.45, 2.75) is 57.4 Å². The number of para-hydroxylation sites is 1. The number of quaternary nitrogens is 1. The number of unbranched alkanes of at least 4 members (excludes halogenated alkanes) is 2. The highest BCUT2D eigenvalue weighted by atomic mass is 16.1. The van der Waals surface area contributed by atoms with Gasteiger partial charge in [0.1, 0.15) is 18.9 Å². The molecule has 4 atom stereocenters. The summed E-state index contributed by atoms with van der Waals surface area (Å²) in [5.74, 6) is 0.318. The van der Waals surface area contributed by atoms with Gasteiger partial charge in [0.05, 0.1) is 18.5 Å². The first kappa shape index (κ1) is 17.2. The molecule has 4 aliphatic rings. The van der Waals surface area contributed by atoms with Crippen LogP contribution in [-0.4, -0.2) is 36.4 Å². The second kappa shape index (κ2) is 6.07. The smallest absolute Gasteiger partial charge is 0.148 e. The zero-order chi connectivity index (χ0) is 18.6. The highest BCUT2D eigenvalue weighted by Gasteiger charge is 2.68. The average Bonchev–Trinajstić information content (AvgIpc) is 3.22. The molecule has 5 rings (SSSR count). The van der Waals surface area contributed by atoms with E-state index in [9.17, 15) is 4.79 Å². The molecular weight excluding hydrogens is 332 g/mol. The van der Waals surface area contributed by atoms with Crippen LogP contribution in [0.15, 0.2) is 47.2 Å². The number of nitrogens with zero attached hydrogens (tertiary/aromatic N) is 1. The summed E-state index contributed by atoms with van der Waals surface area (Å²) in [5.41, 5.74) is 6.48. The third-order valence-electron chi connectivity index (χ3n) is 8.07. The van der Waals surface area contributed by atoms with Gasteiger partial charge < -0.3 is 9.80 Å². The Kier molecular flexibility index (Phi) is 3.87. The van der Waals surface area contributed by atoms with Gasteiger partial charge in [-0.25, -0.2) is 0 Å². The van der Waals surface area contributed by atoms with Gasteiger partial charge in [-0.15, -0.1) is 0 Å². The summed E-state index contributed by atoms with van der Waals surface area (Å²) < 4.78 is 1.24. The van der Waals surface area contributed by atoms with Gasteiger partial charge in [0.15, 0.2) is 0 Å². The third-order valence-corrected chi connectivity index (χ3v) is 8.07. The van der Waals surface area contributed by atoms with Crippen LogP contribution in [0.25, 0.3) is 0 Å². The van der Waals surface area contributed by atoms with Crippen molar-refractivity contribution in [2.24, 2.45) is 5.92 Å². The van der Waals surface area contributed by atoms with Crippen molar-refractivity contribution in [1.82, 2.24) is 0 Å². The minimum Gasteiger partial charge on any atom is -0.357 e. The maximum Gasteiger partial charge on any atom is 0.148 e. The third kappa shape index (κ3) is 2.09. The van der Waals surface area contributed by atoms with Gasteiger partial charge in [0, 0.05) is 35.7 Å². The highest BCUT2D eigenvalue weighted by molar-refractivity contribution is 5.84. The van der Waals surface area contributed by atoms with E-state index in [1.165, 1.54) is 65.8 Å². The first-order chi connectivity index (χ1) is 13.2. The van der Waals surface area contributed by atoms with Crippen molar-refractivity contribution in [3.63, 3.8) is 0 Å². The Morgan fingerprint density at radius 3 is 2.93 bits per heavy atom. The summed E-state index contributed by atoms with van der Waals surface area (Å²) in [6.07, 6.45) is 9.70. The average molecular weight is 364 g/mol. The van der Waals surface area contributed by atoms with Crippen LogP contribution in [0.5, 0.6) is 0 Å². The van der Waals surface area contributed by atoms with E-state index in [4.69, 9.17) is 0 Å². The van der Waals surface area contributed by atoms with Crippen molar-refractivity contribution in [3.8, 4) is 0 Å². The molecule has 1 aromatic rings. The van der Waals surface area contributed by atoms with Crippen LogP contribution in [0.3, 0.4) is 0 Å². The number of nitrogens with one attached hydrogen (secondary N) is 1. The molecule has 2 fully saturated rings. The topological polar surface area (TPSA) is 29.1 Å². The number of anilines is 1. The summed E-state index contributed by atoms with van der Waals surface area (Å²) in [4.78, 5) is 12.2. The molecule has 3 heteroatoms. The molecule has 3 aliphatic heterocycles. The zero-order valence-corrected chi connectivity index (χ0v) is 16.6. The summed E-state index contributed by atoms with van der Waals surface area (Å²) in [6.45, 7) is 8.13. The van der Waals surface area contributed by atoms with Crippen LogP contribution in [0, 0.1) is 5.92 Å². The molecule has 1 N–H and O–H groups in total. The molecule has 1 spiro atoms. The minimum atomic E-state index is 0.0365. The van der Waals surface area contributed by atoms with Crippen LogP contribution in [0.1, 0.15) is 51.5 Å². The van der Waals surface area contributed by atoms with Crippen LogP contribution in [-0.2, 0) is 10.2 Å². The lowest BCUT2D eigenvalue weighted by Crippen LogP contribution is -2.63. The molecule has 3 heterocycles. The van der Waals surface area contributed by atoms with Gasteiger partial charge in [-0.2, -0.15) is 0 Å². The fourth-order valence-electron chi connectivity index (χ4n) is 6.91. The molecule has 0 saturated carbocycles. The molecule has 2 saturated heterocycles. The summed E-state index contributed by atoms with van der Waals surface area (Å²) in [5, 5.41) is 3.72. The molecule has 3 nitrogen and oxygen atoms in total. The zero-order valence-electron chi connectivity index (χ0n) is 16.6. The summed E-state index contributed by atoms with van der Waals surface area (Å²) in [7, 11) is 0. The first-order valence-corrected chi connectivity index (χ1v) is 10.8. The summed E-state index contributed by atoms with van der Waals surface area (Å²) >= 11 is 0. The van der Waals surface area contributed by atoms with Crippen LogP contribution >= 0.6 is 0 Å². The normalized spacial score (nSPS) is 37.2. The lowest BCUT2D eigenvalue weighted by molar-refractivity contribution is -0.941. The Bertz CT molecular complexity index is 854. The van der Waals surface area contributed by atoms with Crippen molar-refractivity contribution >= 4 is 12.0 Å². The second-order valence-corrected chi connectivity index (χ2v) is 9.04. The molecule has 27 heavy (non-hydrogen) atoms.